The van der Waals surface area contributed by atoms with E-state index in [4.69, 9.17) is 5.73 Å². The van der Waals surface area contributed by atoms with Crippen LogP contribution >= 0.6 is 0 Å². The summed E-state index contributed by atoms with van der Waals surface area (Å²) in [5.41, 5.74) is 5.74. The average Bonchev–Trinajstić information content (AvgIpc) is 2.84. The molecule has 1 aliphatic rings. The van der Waals surface area contributed by atoms with Crippen molar-refractivity contribution >= 4 is 5.91 Å². The van der Waals surface area contributed by atoms with Crippen molar-refractivity contribution in [2.75, 3.05) is 13.1 Å². The van der Waals surface area contributed by atoms with Crippen LogP contribution in [0.5, 0.6) is 0 Å². The Hall–Kier alpha value is -1.36. The number of hydrogen-bond donors (Lipinski definition) is 1. The SMILES string of the molecule is NC1CCN(C(=O)CCn2cccn2)C1. The van der Waals surface area contributed by atoms with Crippen molar-refractivity contribution in [2.24, 2.45) is 5.73 Å². The van der Waals surface area contributed by atoms with Crippen molar-refractivity contribution in [3.05, 3.63) is 18.5 Å². The number of aryl methyl sites for hydroxylation is 1. The molecule has 0 saturated carbocycles. The Labute approximate surface area is 88.8 Å². The van der Waals surface area contributed by atoms with Crippen LogP contribution in [0.3, 0.4) is 0 Å². The molecule has 2 rings (SSSR count). The quantitative estimate of drug-likeness (QED) is 0.750. The number of aromatic nitrogens is 2. The second-order valence-corrected chi connectivity index (χ2v) is 3.91. The average molecular weight is 208 g/mol. The first-order valence-corrected chi connectivity index (χ1v) is 5.26. The van der Waals surface area contributed by atoms with Gasteiger partial charge in [-0.1, -0.05) is 0 Å². The van der Waals surface area contributed by atoms with Crippen LogP contribution in [0.2, 0.25) is 0 Å². The maximum atomic E-state index is 11.7. The van der Waals surface area contributed by atoms with E-state index >= 15 is 0 Å². The first kappa shape index (κ1) is 10.2. The first-order chi connectivity index (χ1) is 7.25. The van der Waals surface area contributed by atoms with Gasteiger partial charge in [0.25, 0.3) is 0 Å². The van der Waals surface area contributed by atoms with Gasteiger partial charge in [-0.2, -0.15) is 5.10 Å². The number of hydrogen-bond acceptors (Lipinski definition) is 3. The third-order valence-corrected chi connectivity index (χ3v) is 2.69. The molecule has 0 bridgehead atoms. The van der Waals surface area contributed by atoms with Crippen molar-refractivity contribution in [3.8, 4) is 0 Å². The van der Waals surface area contributed by atoms with Crippen LogP contribution in [0.15, 0.2) is 18.5 Å². The molecule has 15 heavy (non-hydrogen) atoms. The Kier molecular flexibility index (Phi) is 3.01. The highest BCUT2D eigenvalue weighted by Crippen LogP contribution is 2.08. The molecule has 0 radical (unpaired) electrons. The van der Waals surface area contributed by atoms with E-state index in [1.165, 1.54) is 0 Å². The minimum Gasteiger partial charge on any atom is -0.341 e. The predicted molar refractivity (Wildman–Crippen MR) is 56.0 cm³/mol. The van der Waals surface area contributed by atoms with E-state index in [2.05, 4.69) is 5.10 Å². The topological polar surface area (TPSA) is 64.2 Å². The van der Waals surface area contributed by atoms with Crippen LogP contribution in [0.25, 0.3) is 0 Å². The van der Waals surface area contributed by atoms with Crippen molar-refractivity contribution in [3.63, 3.8) is 0 Å². The predicted octanol–water partition coefficient (Wildman–Crippen LogP) is -0.167. The molecule has 1 aliphatic heterocycles. The van der Waals surface area contributed by atoms with Crippen LogP contribution < -0.4 is 5.73 Å². The molecule has 0 aliphatic carbocycles. The van der Waals surface area contributed by atoms with E-state index < -0.39 is 0 Å². The van der Waals surface area contributed by atoms with Gasteiger partial charge in [-0.05, 0) is 12.5 Å². The number of amides is 1. The lowest BCUT2D eigenvalue weighted by Gasteiger charge is -2.15. The third kappa shape index (κ3) is 2.56. The number of nitrogens with zero attached hydrogens (tertiary/aromatic N) is 3. The maximum absolute atomic E-state index is 11.7. The highest BCUT2D eigenvalue weighted by Gasteiger charge is 2.22. The molecule has 1 aromatic rings. The molecule has 1 amide bonds. The fourth-order valence-corrected chi connectivity index (χ4v) is 1.81. The normalized spacial score (nSPS) is 20.9. The molecule has 2 N–H and O–H groups in total. The molecule has 1 unspecified atom stereocenters. The molecule has 1 aromatic heterocycles. The standard InChI is InChI=1S/C10H16N4O/c11-9-2-6-13(8-9)10(15)3-7-14-5-1-4-12-14/h1,4-5,9H,2-3,6-8,11H2. The zero-order valence-corrected chi connectivity index (χ0v) is 8.67. The maximum Gasteiger partial charge on any atom is 0.224 e. The van der Waals surface area contributed by atoms with Crippen LogP contribution in [0.1, 0.15) is 12.8 Å². The monoisotopic (exact) mass is 208 g/mol. The van der Waals surface area contributed by atoms with Crippen molar-refractivity contribution in [2.45, 2.75) is 25.4 Å². The number of likely N-dealkylation sites (tertiary alicyclic amines) is 1. The van der Waals surface area contributed by atoms with Gasteiger partial charge < -0.3 is 10.6 Å². The molecular weight excluding hydrogens is 192 g/mol. The summed E-state index contributed by atoms with van der Waals surface area (Å²) in [6.45, 7) is 2.16. The number of carbonyl (C=O) groups is 1. The van der Waals surface area contributed by atoms with Gasteiger partial charge in [0.1, 0.15) is 0 Å². The molecule has 82 valence electrons. The van der Waals surface area contributed by atoms with E-state index in [1.54, 1.807) is 10.9 Å². The van der Waals surface area contributed by atoms with E-state index in [0.717, 1.165) is 13.0 Å². The highest BCUT2D eigenvalue weighted by atomic mass is 16.2. The van der Waals surface area contributed by atoms with Crippen LogP contribution in [-0.4, -0.2) is 39.7 Å². The van der Waals surface area contributed by atoms with Gasteiger partial charge in [0.05, 0.1) is 0 Å². The minimum atomic E-state index is 0.165. The summed E-state index contributed by atoms with van der Waals surface area (Å²) >= 11 is 0. The molecule has 2 heterocycles. The summed E-state index contributed by atoms with van der Waals surface area (Å²) in [6.07, 6.45) is 5.02. The Morgan fingerprint density at radius 3 is 3.07 bits per heavy atom. The number of rotatable bonds is 3. The summed E-state index contributed by atoms with van der Waals surface area (Å²) in [7, 11) is 0. The van der Waals surface area contributed by atoms with E-state index in [9.17, 15) is 4.79 Å². The fraction of sp³-hybridized carbons (Fsp3) is 0.600. The van der Waals surface area contributed by atoms with E-state index in [-0.39, 0.29) is 11.9 Å². The molecule has 1 saturated heterocycles. The molecule has 0 spiro atoms. The van der Waals surface area contributed by atoms with Gasteiger partial charge in [-0.3, -0.25) is 9.48 Å². The van der Waals surface area contributed by atoms with Crippen LogP contribution in [-0.2, 0) is 11.3 Å². The Bertz CT molecular complexity index is 322. The van der Waals surface area contributed by atoms with Crippen molar-refractivity contribution in [1.82, 2.24) is 14.7 Å². The van der Waals surface area contributed by atoms with Crippen molar-refractivity contribution in [1.29, 1.82) is 0 Å². The molecule has 5 heteroatoms. The van der Waals surface area contributed by atoms with Crippen LogP contribution in [0, 0.1) is 0 Å². The summed E-state index contributed by atoms with van der Waals surface area (Å²) in [5, 5.41) is 4.05. The van der Waals surface area contributed by atoms with Crippen molar-refractivity contribution < 1.29 is 4.79 Å². The van der Waals surface area contributed by atoms with Gasteiger partial charge in [0.15, 0.2) is 0 Å². The lowest BCUT2D eigenvalue weighted by atomic mass is 10.3. The molecule has 5 nitrogen and oxygen atoms in total. The lowest BCUT2D eigenvalue weighted by molar-refractivity contribution is -0.130. The zero-order valence-electron chi connectivity index (χ0n) is 8.67. The summed E-state index contributed by atoms with van der Waals surface area (Å²) in [6, 6.07) is 2.02. The molecule has 1 atom stereocenters. The molecule has 1 fully saturated rings. The summed E-state index contributed by atoms with van der Waals surface area (Å²) in [5.74, 6) is 0.179. The Balaban J connectivity index is 1.78. The second-order valence-electron chi connectivity index (χ2n) is 3.91. The molecular formula is C10H16N4O. The molecule has 0 aromatic carbocycles. The summed E-state index contributed by atoms with van der Waals surface area (Å²) < 4.78 is 1.77. The van der Waals surface area contributed by atoms with Crippen LogP contribution in [0.4, 0.5) is 0 Å². The second kappa shape index (κ2) is 4.44. The van der Waals surface area contributed by atoms with Gasteiger partial charge >= 0.3 is 0 Å². The highest BCUT2D eigenvalue weighted by molar-refractivity contribution is 5.76. The largest absolute Gasteiger partial charge is 0.341 e. The fourth-order valence-electron chi connectivity index (χ4n) is 1.81. The number of carbonyl (C=O) groups excluding carboxylic acids is 1. The smallest absolute Gasteiger partial charge is 0.224 e. The Morgan fingerprint density at radius 2 is 2.47 bits per heavy atom. The minimum absolute atomic E-state index is 0.165. The van der Waals surface area contributed by atoms with Gasteiger partial charge in [-0.15, -0.1) is 0 Å². The van der Waals surface area contributed by atoms with Gasteiger partial charge in [-0.25, -0.2) is 0 Å². The van der Waals surface area contributed by atoms with Gasteiger partial charge in [0.2, 0.25) is 5.91 Å². The zero-order chi connectivity index (χ0) is 10.7. The lowest BCUT2D eigenvalue weighted by Crippen LogP contribution is -2.32. The first-order valence-electron chi connectivity index (χ1n) is 5.26. The third-order valence-electron chi connectivity index (χ3n) is 2.69. The number of nitrogens with two attached hydrogens (primary N) is 1. The summed E-state index contributed by atoms with van der Waals surface area (Å²) in [4.78, 5) is 13.6. The Morgan fingerprint density at radius 1 is 1.60 bits per heavy atom. The van der Waals surface area contributed by atoms with Gasteiger partial charge in [0, 0.05) is 44.5 Å². The van der Waals surface area contributed by atoms with E-state index in [1.807, 2.05) is 17.2 Å². The van der Waals surface area contributed by atoms with E-state index in [0.29, 0.717) is 19.5 Å².